The summed E-state index contributed by atoms with van der Waals surface area (Å²) in [5, 5.41) is 0. The van der Waals surface area contributed by atoms with Crippen LogP contribution in [-0.4, -0.2) is 7.11 Å². The summed E-state index contributed by atoms with van der Waals surface area (Å²) < 4.78 is 5.22. The molecule has 0 heterocycles. The van der Waals surface area contributed by atoms with Crippen molar-refractivity contribution in [1.82, 2.24) is 0 Å². The Balaban J connectivity index is 1.54. The van der Waals surface area contributed by atoms with Gasteiger partial charge in [0.15, 0.2) is 0 Å². The second kappa shape index (κ2) is 4.65. The van der Waals surface area contributed by atoms with Crippen LogP contribution in [0.1, 0.15) is 44.1 Å². The fourth-order valence-electron chi connectivity index (χ4n) is 5.37. The van der Waals surface area contributed by atoms with Crippen molar-refractivity contribution >= 4 is 6.08 Å². The quantitative estimate of drug-likeness (QED) is 0.755. The zero-order chi connectivity index (χ0) is 13.6. The SMILES string of the molecule is COc1ccc(C=CC23CC4CC(CC(C4)C2)C3)cc1. The van der Waals surface area contributed by atoms with E-state index < -0.39 is 0 Å². The number of hydrogen-bond acceptors (Lipinski definition) is 1. The van der Waals surface area contributed by atoms with Crippen molar-refractivity contribution in [1.29, 1.82) is 0 Å². The molecule has 4 bridgehead atoms. The van der Waals surface area contributed by atoms with Gasteiger partial charge in [0.05, 0.1) is 7.11 Å². The fraction of sp³-hybridized carbons (Fsp3) is 0.579. The lowest BCUT2D eigenvalue weighted by Gasteiger charge is -2.55. The highest BCUT2D eigenvalue weighted by Crippen LogP contribution is 2.60. The Hall–Kier alpha value is -1.24. The molecule has 0 aliphatic heterocycles. The van der Waals surface area contributed by atoms with Crippen LogP contribution in [0.2, 0.25) is 0 Å². The number of hydrogen-bond donors (Lipinski definition) is 0. The molecule has 106 valence electrons. The zero-order valence-corrected chi connectivity index (χ0v) is 12.3. The fourth-order valence-corrected chi connectivity index (χ4v) is 5.37. The molecule has 20 heavy (non-hydrogen) atoms. The van der Waals surface area contributed by atoms with Crippen molar-refractivity contribution < 1.29 is 4.74 Å². The van der Waals surface area contributed by atoms with Crippen molar-refractivity contribution in [3.8, 4) is 5.75 Å². The molecule has 0 amide bonds. The van der Waals surface area contributed by atoms with Crippen LogP contribution in [-0.2, 0) is 0 Å². The number of allylic oxidation sites excluding steroid dienone is 1. The Bertz CT molecular complexity index is 476. The van der Waals surface area contributed by atoms with Crippen LogP contribution in [0.4, 0.5) is 0 Å². The number of benzene rings is 1. The lowest BCUT2D eigenvalue weighted by atomic mass is 9.49. The number of ether oxygens (including phenoxy) is 1. The summed E-state index contributed by atoms with van der Waals surface area (Å²) in [6.07, 6.45) is 13.8. The minimum absolute atomic E-state index is 0.536. The van der Waals surface area contributed by atoms with Crippen molar-refractivity contribution in [2.45, 2.75) is 38.5 Å². The average Bonchev–Trinajstić information content (AvgIpc) is 2.44. The summed E-state index contributed by atoms with van der Waals surface area (Å²) in [5.41, 5.74) is 1.84. The predicted molar refractivity (Wildman–Crippen MR) is 82.6 cm³/mol. The maximum absolute atomic E-state index is 5.22. The van der Waals surface area contributed by atoms with Gasteiger partial charge in [-0.25, -0.2) is 0 Å². The van der Waals surface area contributed by atoms with Gasteiger partial charge in [-0.15, -0.1) is 0 Å². The minimum Gasteiger partial charge on any atom is -0.497 e. The van der Waals surface area contributed by atoms with Crippen LogP contribution in [0.15, 0.2) is 30.3 Å². The first-order valence-corrected chi connectivity index (χ1v) is 8.08. The molecule has 4 aliphatic carbocycles. The molecule has 0 N–H and O–H groups in total. The van der Waals surface area contributed by atoms with Gasteiger partial charge >= 0.3 is 0 Å². The molecule has 4 aliphatic rings. The Morgan fingerprint density at radius 2 is 1.50 bits per heavy atom. The van der Waals surface area contributed by atoms with Crippen LogP contribution >= 0.6 is 0 Å². The zero-order valence-electron chi connectivity index (χ0n) is 12.3. The molecule has 0 aromatic heterocycles. The smallest absolute Gasteiger partial charge is 0.118 e. The number of rotatable bonds is 3. The third-order valence-corrected chi connectivity index (χ3v) is 5.83. The molecule has 1 nitrogen and oxygen atoms in total. The minimum atomic E-state index is 0.536. The Kier molecular flexibility index (Phi) is 2.90. The molecule has 5 rings (SSSR count). The van der Waals surface area contributed by atoms with E-state index >= 15 is 0 Å². The third kappa shape index (κ3) is 2.17. The largest absolute Gasteiger partial charge is 0.497 e. The predicted octanol–water partition coefficient (Wildman–Crippen LogP) is 4.92. The summed E-state index contributed by atoms with van der Waals surface area (Å²) in [5.74, 6) is 4.03. The van der Waals surface area contributed by atoms with E-state index in [0.29, 0.717) is 5.41 Å². The molecule has 1 aromatic carbocycles. The molecule has 4 fully saturated rings. The second-order valence-corrected chi connectivity index (χ2v) is 7.39. The van der Waals surface area contributed by atoms with Crippen LogP contribution in [0.5, 0.6) is 5.75 Å². The van der Waals surface area contributed by atoms with Crippen molar-refractivity contribution in [3.63, 3.8) is 0 Å². The lowest BCUT2D eigenvalue weighted by Crippen LogP contribution is -2.44. The molecule has 0 spiro atoms. The topological polar surface area (TPSA) is 9.23 Å². The highest BCUT2D eigenvalue weighted by Gasteiger charge is 2.49. The summed E-state index contributed by atoms with van der Waals surface area (Å²) in [7, 11) is 1.72. The van der Waals surface area contributed by atoms with Gasteiger partial charge in [-0.2, -0.15) is 0 Å². The molecular weight excluding hydrogens is 244 g/mol. The van der Waals surface area contributed by atoms with Gasteiger partial charge < -0.3 is 4.74 Å². The summed E-state index contributed by atoms with van der Waals surface area (Å²) in [6, 6.07) is 8.43. The first-order chi connectivity index (χ1) is 9.75. The Morgan fingerprint density at radius 3 is 2.00 bits per heavy atom. The molecule has 1 heteroatoms. The first-order valence-electron chi connectivity index (χ1n) is 8.08. The van der Waals surface area contributed by atoms with E-state index in [1.54, 1.807) is 7.11 Å². The van der Waals surface area contributed by atoms with Gasteiger partial charge in [-0.3, -0.25) is 0 Å². The van der Waals surface area contributed by atoms with Gasteiger partial charge in [-0.05, 0) is 79.4 Å². The molecule has 0 radical (unpaired) electrons. The van der Waals surface area contributed by atoms with Crippen LogP contribution in [0.3, 0.4) is 0 Å². The average molecular weight is 268 g/mol. The maximum Gasteiger partial charge on any atom is 0.118 e. The third-order valence-electron chi connectivity index (χ3n) is 5.83. The van der Waals surface area contributed by atoms with Crippen molar-refractivity contribution in [3.05, 3.63) is 35.9 Å². The van der Waals surface area contributed by atoms with E-state index in [2.05, 4.69) is 36.4 Å². The van der Waals surface area contributed by atoms with Gasteiger partial charge in [0.25, 0.3) is 0 Å². The van der Waals surface area contributed by atoms with Gasteiger partial charge in [0.2, 0.25) is 0 Å². The highest BCUT2D eigenvalue weighted by atomic mass is 16.5. The van der Waals surface area contributed by atoms with E-state index in [1.807, 2.05) is 0 Å². The highest BCUT2D eigenvalue weighted by molar-refractivity contribution is 5.51. The monoisotopic (exact) mass is 268 g/mol. The lowest BCUT2D eigenvalue weighted by molar-refractivity contribution is -0.0232. The molecule has 4 saturated carbocycles. The van der Waals surface area contributed by atoms with Crippen molar-refractivity contribution in [2.24, 2.45) is 23.2 Å². The van der Waals surface area contributed by atoms with E-state index in [4.69, 9.17) is 4.74 Å². The number of methoxy groups -OCH3 is 1. The Morgan fingerprint density at radius 1 is 0.950 bits per heavy atom. The van der Waals surface area contributed by atoms with Gasteiger partial charge in [0.1, 0.15) is 5.75 Å². The van der Waals surface area contributed by atoms with E-state index in [-0.39, 0.29) is 0 Å². The van der Waals surface area contributed by atoms with Gasteiger partial charge in [-0.1, -0.05) is 24.3 Å². The van der Waals surface area contributed by atoms with Crippen LogP contribution < -0.4 is 4.74 Å². The Labute approximate surface area is 122 Å². The summed E-state index contributed by atoms with van der Waals surface area (Å²) >= 11 is 0. The van der Waals surface area contributed by atoms with Crippen molar-refractivity contribution in [2.75, 3.05) is 7.11 Å². The molecule has 0 unspecified atom stereocenters. The maximum atomic E-state index is 5.22. The standard InChI is InChI=1S/C19H24O/c1-20-18-4-2-14(3-5-18)6-7-19-11-15-8-16(12-19)10-17(9-15)13-19/h2-7,15-17H,8-13H2,1H3. The molecule has 0 atom stereocenters. The normalized spacial score (nSPS) is 38.5. The second-order valence-electron chi connectivity index (χ2n) is 7.39. The molecule has 1 aromatic rings. The molecular formula is C19H24O. The van der Waals surface area contributed by atoms with Crippen LogP contribution in [0.25, 0.3) is 6.08 Å². The van der Waals surface area contributed by atoms with E-state index in [1.165, 1.54) is 44.1 Å². The van der Waals surface area contributed by atoms with E-state index in [9.17, 15) is 0 Å². The van der Waals surface area contributed by atoms with E-state index in [0.717, 1.165) is 23.5 Å². The summed E-state index contributed by atoms with van der Waals surface area (Å²) in [4.78, 5) is 0. The summed E-state index contributed by atoms with van der Waals surface area (Å²) in [6.45, 7) is 0. The van der Waals surface area contributed by atoms with Gasteiger partial charge in [0, 0.05) is 0 Å². The first kappa shape index (κ1) is 12.5. The molecule has 0 saturated heterocycles. The van der Waals surface area contributed by atoms with Crippen LogP contribution in [0, 0.1) is 23.2 Å².